The fourth-order valence-corrected chi connectivity index (χ4v) is 2.49. The van der Waals surface area contributed by atoms with Gasteiger partial charge in [0.25, 0.3) is 0 Å². The highest BCUT2D eigenvalue weighted by Crippen LogP contribution is 2.19. The maximum atomic E-state index is 11.7. The van der Waals surface area contributed by atoms with E-state index in [4.69, 9.17) is 14.2 Å². The van der Waals surface area contributed by atoms with Crippen LogP contribution in [0.4, 0.5) is 0 Å². The van der Waals surface area contributed by atoms with Crippen molar-refractivity contribution in [3.63, 3.8) is 0 Å². The number of nitrogens with zero attached hydrogens (tertiary/aromatic N) is 2. The van der Waals surface area contributed by atoms with Gasteiger partial charge in [0.1, 0.15) is 13.2 Å². The SMILES string of the molecule is CCOC(=O)/C(O)=C/c1cc(OCc2ccccc2)nc(OCc2ccccc2)n1. The molecule has 0 aliphatic rings. The average molecular weight is 406 g/mol. The molecule has 3 aromatic rings. The zero-order valence-corrected chi connectivity index (χ0v) is 16.5. The first-order valence-electron chi connectivity index (χ1n) is 9.44. The molecule has 0 bridgehead atoms. The van der Waals surface area contributed by atoms with Gasteiger partial charge >= 0.3 is 12.0 Å². The van der Waals surface area contributed by atoms with Crippen LogP contribution in [0.25, 0.3) is 6.08 Å². The third-order valence-corrected chi connectivity index (χ3v) is 3.91. The van der Waals surface area contributed by atoms with Crippen LogP contribution in [0, 0.1) is 0 Å². The molecule has 0 saturated heterocycles. The first-order chi connectivity index (χ1) is 14.6. The molecule has 1 N–H and O–H groups in total. The number of aliphatic hydroxyl groups excluding tert-OH is 1. The van der Waals surface area contributed by atoms with E-state index in [-0.39, 0.29) is 30.8 Å². The number of carbonyl (C=O) groups excluding carboxylic acids is 1. The average Bonchev–Trinajstić information content (AvgIpc) is 2.78. The number of rotatable bonds is 9. The van der Waals surface area contributed by atoms with Gasteiger partial charge in [0.2, 0.25) is 11.6 Å². The van der Waals surface area contributed by atoms with E-state index in [1.54, 1.807) is 6.92 Å². The van der Waals surface area contributed by atoms with Crippen LogP contribution in [0.5, 0.6) is 11.9 Å². The second-order valence-electron chi connectivity index (χ2n) is 6.21. The van der Waals surface area contributed by atoms with Gasteiger partial charge in [-0.2, -0.15) is 9.97 Å². The summed E-state index contributed by atoms with van der Waals surface area (Å²) in [6.07, 6.45) is 1.18. The first-order valence-corrected chi connectivity index (χ1v) is 9.44. The van der Waals surface area contributed by atoms with Crippen molar-refractivity contribution in [2.24, 2.45) is 0 Å². The van der Waals surface area contributed by atoms with Crippen LogP contribution >= 0.6 is 0 Å². The topological polar surface area (TPSA) is 90.8 Å². The van der Waals surface area contributed by atoms with Crippen molar-refractivity contribution >= 4 is 12.0 Å². The molecule has 0 amide bonds. The first kappa shape index (κ1) is 20.9. The van der Waals surface area contributed by atoms with Gasteiger partial charge in [-0.25, -0.2) is 4.79 Å². The summed E-state index contributed by atoms with van der Waals surface area (Å²) < 4.78 is 16.2. The molecule has 7 nitrogen and oxygen atoms in total. The lowest BCUT2D eigenvalue weighted by atomic mass is 10.2. The van der Waals surface area contributed by atoms with Gasteiger partial charge in [-0.3, -0.25) is 0 Å². The highest BCUT2D eigenvalue weighted by Gasteiger charge is 2.12. The van der Waals surface area contributed by atoms with Crippen molar-refractivity contribution in [2.45, 2.75) is 20.1 Å². The second kappa shape index (κ2) is 10.6. The Kier molecular flexibility index (Phi) is 7.38. The van der Waals surface area contributed by atoms with Crippen molar-refractivity contribution in [2.75, 3.05) is 6.61 Å². The van der Waals surface area contributed by atoms with Crippen LogP contribution in [0.2, 0.25) is 0 Å². The predicted octanol–water partition coefficient (Wildman–Crippen LogP) is 4.10. The zero-order chi connectivity index (χ0) is 21.2. The summed E-state index contributed by atoms with van der Waals surface area (Å²) in [5, 5.41) is 9.94. The summed E-state index contributed by atoms with van der Waals surface area (Å²) in [5.74, 6) is -1.16. The number of aliphatic hydroxyl groups is 1. The lowest BCUT2D eigenvalue weighted by Crippen LogP contribution is -2.08. The number of ether oxygens (including phenoxy) is 3. The number of benzene rings is 2. The van der Waals surface area contributed by atoms with Gasteiger partial charge in [0.05, 0.1) is 12.3 Å². The number of esters is 1. The van der Waals surface area contributed by atoms with E-state index in [1.807, 2.05) is 60.7 Å². The molecular weight excluding hydrogens is 384 g/mol. The van der Waals surface area contributed by atoms with E-state index in [0.717, 1.165) is 11.1 Å². The van der Waals surface area contributed by atoms with Crippen LogP contribution in [0.3, 0.4) is 0 Å². The van der Waals surface area contributed by atoms with Gasteiger partial charge in [-0.05, 0) is 18.1 Å². The zero-order valence-electron chi connectivity index (χ0n) is 16.5. The molecule has 0 saturated carbocycles. The summed E-state index contributed by atoms with van der Waals surface area (Å²) in [6, 6.07) is 20.8. The van der Waals surface area contributed by atoms with E-state index in [0.29, 0.717) is 6.61 Å². The normalized spacial score (nSPS) is 11.0. The Balaban J connectivity index is 1.80. The molecule has 0 aliphatic heterocycles. The fraction of sp³-hybridized carbons (Fsp3) is 0.174. The minimum atomic E-state index is -0.838. The summed E-state index contributed by atoms with van der Waals surface area (Å²) in [7, 11) is 0. The standard InChI is InChI=1S/C23H22N2O5/c1-2-28-22(27)20(26)13-19-14-21(29-15-17-9-5-3-6-10-17)25-23(24-19)30-16-18-11-7-4-8-12-18/h3-14,26H,2,15-16H2,1H3/b20-13-. The van der Waals surface area contributed by atoms with Crippen LogP contribution in [0.15, 0.2) is 72.5 Å². The third kappa shape index (κ3) is 6.34. The van der Waals surface area contributed by atoms with E-state index in [2.05, 4.69) is 9.97 Å². The van der Waals surface area contributed by atoms with Crippen molar-refractivity contribution in [3.8, 4) is 11.9 Å². The van der Waals surface area contributed by atoms with E-state index in [1.165, 1.54) is 12.1 Å². The van der Waals surface area contributed by atoms with Crippen LogP contribution < -0.4 is 9.47 Å². The highest BCUT2D eigenvalue weighted by atomic mass is 16.5. The molecule has 1 heterocycles. The predicted molar refractivity (Wildman–Crippen MR) is 111 cm³/mol. The summed E-state index contributed by atoms with van der Waals surface area (Å²) in [4.78, 5) is 20.2. The number of hydrogen-bond acceptors (Lipinski definition) is 7. The minimum absolute atomic E-state index is 0.0623. The summed E-state index contributed by atoms with van der Waals surface area (Å²) >= 11 is 0. The summed E-state index contributed by atoms with van der Waals surface area (Å²) in [5.41, 5.74) is 2.17. The Labute approximate surface area is 174 Å². The highest BCUT2D eigenvalue weighted by molar-refractivity contribution is 5.90. The molecule has 0 spiro atoms. The third-order valence-electron chi connectivity index (χ3n) is 3.91. The van der Waals surface area contributed by atoms with Crippen LogP contribution in [-0.4, -0.2) is 27.7 Å². The van der Waals surface area contributed by atoms with Crippen molar-refractivity contribution in [1.82, 2.24) is 9.97 Å². The molecule has 0 fully saturated rings. The number of aromatic nitrogens is 2. The van der Waals surface area contributed by atoms with Gasteiger partial charge in [-0.15, -0.1) is 0 Å². The molecule has 0 unspecified atom stereocenters. The Hall–Kier alpha value is -3.87. The Morgan fingerprint density at radius 1 is 0.933 bits per heavy atom. The lowest BCUT2D eigenvalue weighted by Gasteiger charge is -2.10. The number of carbonyl (C=O) groups is 1. The number of hydrogen-bond donors (Lipinski definition) is 1. The Morgan fingerprint density at radius 2 is 1.53 bits per heavy atom. The van der Waals surface area contributed by atoms with Gasteiger partial charge < -0.3 is 19.3 Å². The lowest BCUT2D eigenvalue weighted by molar-refractivity contribution is -0.141. The maximum absolute atomic E-state index is 11.7. The molecule has 0 aliphatic carbocycles. The smallest absolute Gasteiger partial charge is 0.373 e. The minimum Gasteiger partial charge on any atom is -0.502 e. The molecular formula is C23H22N2O5. The Bertz CT molecular complexity index is 929. The molecule has 30 heavy (non-hydrogen) atoms. The monoisotopic (exact) mass is 406 g/mol. The maximum Gasteiger partial charge on any atom is 0.373 e. The van der Waals surface area contributed by atoms with Gasteiger partial charge in [-0.1, -0.05) is 60.7 Å². The molecule has 7 heteroatoms. The van der Waals surface area contributed by atoms with E-state index >= 15 is 0 Å². The van der Waals surface area contributed by atoms with E-state index in [9.17, 15) is 9.90 Å². The molecule has 3 rings (SSSR count). The largest absolute Gasteiger partial charge is 0.502 e. The van der Waals surface area contributed by atoms with Crippen molar-refractivity contribution in [3.05, 3.63) is 89.3 Å². The van der Waals surface area contributed by atoms with Gasteiger partial charge in [0, 0.05) is 12.1 Å². The summed E-state index contributed by atoms with van der Waals surface area (Å²) in [6.45, 7) is 2.36. The fourth-order valence-electron chi connectivity index (χ4n) is 2.49. The molecule has 2 aromatic carbocycles. The molecule has 154 valence electrons. The van der Waals surface area contributed by atoms with E-state index < -0.39 is 11.7 Å². The quantitative estimate of drug-likeness (QED) is 0.325. The molecule has 1 aromatic heterocycles. The molecule has 0 radical (unpaired) electrons. The second-order valence-corrected chi connectivity index (χ2v) is 6.21. The van der Waals surface area contributed by atoms with Crippen LogP contribution in [-0.2, 0) is 22.7 Å². The Morgan fingerprint density at radius 3 is 2.13 bits per heavy atom. The van der Waals surface area contributed by atoms with Crippen molar-refractivity contribution in [1.29, 1.82) is 0 Å². The van der Waals surface area contributed by atoms with Crippen LogP contribution in [0.1, 0.15) is 23.7 Å². The molecule has 0 atom stereocenters. The van der Waals surface area contributed by atoms with Gasteiger partial charge in [0.15, 0.2) is 0 Å². The van der Waals surface area contributed by atoms with Crippen molar-refractivity contribution < 1.29 is 24.1 Å².